The molecule has 0 unspecified atom stereocenters. The second-order valence-electron chi connectivity index (χ2n) is 11.7. The summed E-state index contributed by atoms with van der Waals surface area (Å²) >= 11 is 5.96. The van der Waals surface area contributed by atoms with Crippen molar-refractivity contribution in [2.45, 2.75) is 71.8 Å². The largest absolute Gasteiger partial charge is 0.507 e. The lowest BCUT2D eigenvalue weighted by atomic mass is 9.78. The minimum atomic E-state index is -0.220. The highest BCUT2D eigenvalue weighted by Gasteiger charge is 2.26. The van der Waals surface area contributed by atoms with Crippen molar-refractivity contribution in [2.75, 3.05) is 7.11 Å². The Hall–Kier alpha value is -3.51. The number of ether oxygens (including phenoxy) is 2. The maximum Gasteiger partial charge on any atom is 0.240 e. The molecule has 0 aliphatic rings. The predicted molar refractivity (Wildman–Crippen MR) is 158 cm³/mol. The molecule has 6 nitrogen and oxygen atoms in total. The van der Waals surface area contributed by atoms with Gasteiger partial charge in [-0.15, -0.1) is 0 Å². The van der Waals surface area contributed by atoms with Crippen LogP contribution in [0.25, 0.3) is 0 Å². The summed E-state index contributed by atoms with van der Waals surface area (Å²) < 4.78 is 11.4. The minimum absolute atomic E-state index is 0.193. The zero-order valence-corrected chi connectivity index (χ0v) is 24.6. The Morgan fingerprint density at radius 1 is 0.923 bits per heavy atom. The normalized spacial score (nSPS) is 12.0. The molecule has 3 aromatic carbocycles. The highest BCUT2D eigenvalue weighted by molar-refractivity contribution is 6.30. The van der Waals surface area contributed by atoms with E-state index in [1.54, 1.807) is 19.4 Å². The Labute approximate surface area is 237 Å². The number of hydrazone groups is 1. The fourth-order valence-corrected chi connectivity index (χ4v) is 4.23. The molecular weight excluding hydrogens is 512 g/mol. The minimum Gasteiger partial charge on any atom is -0.507 e. The maximum atomic E-state index is 12.6. The number of aryl methyl sites for hydroxylation is 1. The molecule has 39 heavy (non-hydrogen) atoms. The van der Waals surface area contributed by atoms with Crippen LogP contribution in [0, 0.1) is 0 Å². The van der Waals surface area contributed by atoms with E-state index in [9.17, 15) is 9.90 Å². The number of aromatic hydroxyl groups is 1. The van der Waals surface area contributed by atoms with Gasteiger partial charge in [0.25, 0.3) is 0 Å². The molecule has 0 aliphatic carbocycles. The molecule has 2 N–H and O–H groups in total. The molecule has 0 aromatic heterocycles. The van der Waals surface area contributed by atoms with Gasteiger partial charge in [-0.1, -0.05) is 77.4 Å². The summed E-state index contributed by atoms with van der Waals surface area (Å²) in [5, 5.41) is 15.7. The lowest BCUT2D eigenvalue weighted by Crippen LogP contribution is -2.20. The van der Waals surface area contributed by atoms with Crippen molar-refractivity contribution in [1.29, 1.82) is 0 Å². The standard InChI is InChI=1S/C32H39ClN2O4/c1-31(2,3)25-16-22(17-26(30(25)37)32(4,5)6)11-15-29(36)35-34-19-23-10-14-27(38-7)28(18-23)39-20-21-8-12-24(33)13-9-21/h8-10,12-14,16-19,37H,11,15,20H2,1-7H3,(H,35,36)/b34-19-. The molecule has 0 saturated heterocycles. The van der Waals surface area contributed by atoms with E-state index >= 15 is 0 Å². The Morgan fingerprint density at radius 3 is 2.10 bits per heavy atom. The van der Waals surface area contributed by atoms with Crippen molar-refractivity contribution in [3.63, 3.8) is 0 Å². The number of phenolic OH excluding ortho intramolecular Hbond substituents is 1. The zero-order valence-electron chi connectivity index (χ0n) is 23.9. The lowest BCUT2D eigenvalue weighted by Gasteiger charge is -2.28. The van der Waals surface area contributed by atoms with Crippen molar-refractivity contribution in [2.24, 2.45) is 5.10 Å². The molecular formula is C32H39ClN2O4. The van der Waals surface area contributed by atoms with E-state index in [4.69, 9.17) is 21.1 Å². The Kier molecular flexibility index (Phi) is 9.68. The summed E-state index contributed by atoms with van der Waals surface area (Å²) in [7, 11) is 1.58. The number of nitrogens with zero attached hydrogens (tertiary/aromatic N) is 1. The zero-order chi connectivity index (χ0) is 28.8. The first-order chi connectivity index (χ1) is 18.3. The van der Waals surface area contributed by atoms with Crippen molar-refractivity contribution >= 4 is 23.7 Å². The molecule has 0 fully saturated rings. The van der Waals surface area contributed by atoms with Gasteiger partial charge in [0.05, 0.1) is 13.3 Å². The number of amides is 1. The fourth-order valence-electron chi connectivity index (χ4n) is 4.10. The number of methoxy groups -OCH3 is 1. The molecule has 1 amide bonds. The van der Waals surface area contributed by atoms with E-state index in [0.29, 0.717) is 35.3 Å². The molecule has 0 radical (unpaired) electrons. The number of carbonyl (C=O) groups is 1. The first kappa shape index (κ1) is 30.0. The Balaban J connectivity index is 1.64. The first-order valence-corrected chi connectivity index (χ1v) is 13.4. The van der Waals surface area contributed by atoms with E-state index in [1.807, 2.05) is 48.5 Å². The molecule has 0 spiro atoms. The van der Waals surface area contributed by atoms with Crippen LogP contribution in [0.15, 0.2) is 59.7 Å². The van der Waals surface area contributed by atoms with Crippen molar-refractivity contribution in [1.82, 2.24) is 5.43 Å². The number of hydrogen-bond donors (Lipinski definition) is 2. The van der Waals surface area contributed by atoms with Crippen LogP contribution < -0.4 is 14.9 Å². The number of phenols is 1. The van der Waals surface area contributed by atoms with Gasteiger partial charge < -0.3 is 14.6 Å². The molecule has 7 heteroatoms. The van der Waals surface area contributed by atoms with Crippen molar-refractivity contribution in [3.05, 3.63) is 87.4 Å². The van der Waals surface area contributed by atoms with Gasteiger partial charge in [0.2, 0.25) is 5.91 Å². The molecule has 208 valence electrons. The molecule has 0 heterocycles. The molecule has 0 bridgehead atoms. The van der Waals surface area contributed by atoms with Gasteiger partial charge in [-0.3, -0.25) is 4.79 Å². The van der Waals surface area contributed by atoms with Crippen LogP contribution in [0.1, 0.15) is 75.8 Å². The third-order valence-electron chi connectivity index (χ3n) is 6.32. The van der Waals surface area contributed by atoms with E-state index in [0.717, 1.165) is 27.8 Å². The predicted octanol–water partition coefficient (Wildman–Crippen LogP) is 7.31. The van der Waals surface area contributed by atoms with Crippen LogP contribution in [0.2, 0.25) is 5.02 Å². The van der Waals surface area contributed by atoms with Gasteiger partial charge >= 0.3 is 0 Å². The number of halogens is 1. The topological polar surface area (TPSA) is 80.2 Å². The molecule has 0 saturated carbocycles. The van der Waals surface area contributed by atoms with Gasteiger partial charge in [0, 0.05) is 11.4 Å². The van der Waals surface area contributed by atoms with Gasteiger partial charge in [0.15, 0.2) is 11.5 Å². The van der Waals surface area contributed by atoms with Crippen LogP contribution in [0.4, 0.5) is 0 Å². The molecule has 3 rings (SSSR count). The summed E-state index contributed by atoms with van der Waals surface area (Å²) in [5.74, 6) is 1.31. The first-order valence-electron chi connectivity index (χ1n) is 13.0. The van der Waals surface area contributed by atoms with Gasteiger partial charge in [-0.2, -0.15) is 5.10 Å². The van der Waals surface area contributed by atoms with Crippen molar-refractivity contribution < 1.29 is 19.4 Å². The Bertz CT molecular complexity index is 1280. The monoisotopic (exact) mass is 550 g/mol. The van der Waals surface area contributed by atoms with Gasteiger partial charge in [-0.25, -0.2) is 5.43 Å². The quantitative estimate of drug-likeness (QED) is 0.216. The average Bonchev–Trinajstić information content (AvgIpc) is 2.86. The second-order valence-corrected chi connectivity index (χ2v) is 12.1. The van der Waals surface area contributed by atoms with E-state index in [2.05, 4.69) is 52.1 Å². The fraction of sp³-hybridized carbons (Fsp3) is 0.375. The van der Waals surface area contributed by atoms with E-state index < -0.39 is 0 Å². The SMILES string of the molecule is COc1ccc(/C=N\NC(=O)CCc2cc(C(C)(C)C)c(O)c(C(C)(C)C)c2)cc1OCc1ccc(Cl)cc1. The second kappa shape index (κ2) is 12.6. The number of nitrogens with one attached hydrogen (secondary N) is 1. The summed E-state index contributed by atoms with van der Waals surface area (Å²) in [6, 6.07) is 16.9. The van der Waals surface area contributed by atoms with E-state index in [-0.39, 0.29) is 23.2 Å². The van der Waals surface area contributed by atoms with Crippen LogP contribution >= 0.6 is 11.6 Å². The van der Waals surface area contributed by atoms with Gasteiger partial charge in [-0.05, 0) is 75.4 Å². The van der Waals surface area contributed by atoms with Gasteiger partial charge in [0.1, 0.15) is 12.4 Å². The van der Waals surface area contributed by atoms with Crippen LogP contribution in [0.5, 0.6) is 17.2 Å². The third kappa shape index (κ3) is 8.49. The van der Waals surface area contributed by atoms with E-state index in [1.165, 1.54) is 0 Å². The highest BCUT2D eigenvalue weighted by atomic mass is 35.5. The number of benzene rings is 3. The van der Waals surface area contributed by atoms with Crippen molar-refractivity contribution in [3.8, 4) is 17.2 Å². The molecule has 0 atom stereocenters. The number of carbonyl (C=O) groups excluding carboxylic acids is 1. The number of rotatable bonds is 9. The summed E-state index contributed by atoms with van der Waals surface area (Å²) in [5.41, 5.74) is 6.69. The smallest absolute Gasteiger partial charge is 0.240 e. The highest BCUT2D eigenvalue weighted by Crippen LogP contribution is 2.40. The lowest BCUT2D eigenvalue weighted by molar-refractivity contribution is -0.121. The Morgan fingerprint density at radius 2 is 1.54 bits per heavy atom. The van der Waals surface area contributed by atoms with Crippen LogP contribution in [-0.2, 0) is 28.7 Å². The summed E-state index contributed by atoms with van der Waals surface area (Å²) in [4.78, 5) is 12.6. The average molecular weight is 551 g/mol. The summed E-state index contributed by atoms with van der Waals surface area (Å²) in [6.45, 7) is 12.8. The molecule has 0 aliphatic heterocycles. The number of hydrogen-bond acceptors (Lipinski definition) is 5. The summed E-state index contributed by atoms with van der Waals surface area (Å²) in [6.07, 6.45) is 2.38. The van der Waals surface area contributed by atoms with Crippen LogP contribution in [0.3, 0.4) is 0 Å². The van der Waals surface area contributed by atoms with Crippen LogP contribution in [-0.4, -0.2) is 24.3 Å². The third-order valence-corrected chi connectivity index (χ3v) is 6.58. The maximum absolute atomic E-state index is 12.6. The molecule has 3 aromatic rings.